The first-order chi connectivity index (χ1) is 13.9. The van der Waals surface area contributed by atoms with Gasteiger partial charge in [-0.3, -0.25) is 0 Å². The number of ether oxygens (including phenoxy) is 4. The van der Waals surface area contributed by atoms with E-state index in [2.05, 4.69) is 0 Å². The van der Waals surface area contributed by atoms with Crippen molar-refractivity contribution in [1.29, 1.82) is 0 Å². The van der Waals surface area contributed by atoms with Crippen LogP contribution in [0.4, 0.5) is 0 Å². The molecule has 0 spiro atoms. The number of benzene rings is 2. The molecule has 2 aromatic carbocycles. The third-order valence-electron chi connectivity index (χ3n) is 5.40. The lowest BCUT2D eigenvalue weighted by Crippen LogP contribution is -2.63. The lowest BCUT2D eigenvalue weighted by Gasteiger charge is -2.43. The molecular formula is C23H28O6. The van der Waals surface area contributed by atoms with E-state index in [9.17, 15) is 10.2 Å². The van der Waals surface area contributed by atoms with Crippen LogP contribution < -0.4 is 0 Å². The van der Waals surface area contributed by atoms with Crippen molar-refractivity contribution in [3.63, 3.8) is 0 Å². The van der Waals surface area contributed by atoms with Crippen LogP contribution in [0.3, 0.4) is 0 Å². The summed E-state index contributed by atoms with van der Waals surface area (Å²) in [5.74, 6) is -0.859. The Morgan fingerprint density at radius 1 is 0.724 bits per heavy atom. The monoisotopic (exact) mass is 400 g/mol. The molecule has 1 aliphatic heterocycles. The number of fused-ring (bicyclic) bond motifs is 1. The Labute approximate surface area is 171 Å². The van der Waals surface area contributed by atoms with E-state index in [1.807, 2.05) is 74.5 Å². The highest BCUT2D eigenvalue weighted by atomic mass is 16.8. The quantitative estimate of drug-likeness (QED) is 0.776. The lowest BCUT2D eigenvalue weighted by atomic mass is 9.84. The van der Waals surface area contributed by atoms with Crippen molar-refractivity contribution in [2.45, 2.75) is 69.5 Å². The molecule has 4 rings (SSSR count). The summed E-state index contributed by atoms with van der Waals surface area (Å²) in [6, 6.07) is 19.4. The number of aliphatic hydroxyl groups excluding tert-OH is 2. The number of hydrogen-bond acceptors (Lipinski definition) is 6. The van der Waals surface area contributed by atoms with Gasteiger partial charge in [-0.05, 0) is 25.0 Å². The minimum atomic E-state index is -1.15. The fourth-order valence-electron chi connectivity index (χ4n) is 4.02. The first kappa shape index (κ1) is 20.5. The molecule has 6 atom stereocenters. The Bertz CT molecular complexity index is 715. The molecule has 2 aliphatic rings. The van der Waals surface area contributed by atoms with Gasteiger partial charge in [0, 0.05) is 0 Å². The zero-order valence-corrected chi connectivity index (χ0v) is 16.7. The van der Waals surface area contributed by atoms with Crippen LogP contribution in [0.1, 0.15) is 25.0 Å². The molecule has 0 bridgehead atoms. The van der Waals surface area contributed by atoms with Crippen LogP contribution in [-0.2, 0) is 32.2 Å². The molecule has 0 amide bonds. The molecule has 2 N–H and O–H groups in total. The molecule has 6 heteroatoms. The van der Waals surface area contributed by atoms with Gasteiger partial charge in [0.1, 0.15) is 36.6 Å². The van der Waals surface area contributed by atoms with Crippen molar-refractivity contribution < 1.29 is 29.2 Å². The Kier molecular flexibility index (Phi) is 6.01. The second-order valence-electron chi connectivity index (χ2n) is 8.07. The maximum atomic E-state index is 10.8. The fourth-order valence-corrected chi connectivity index (χ4v) is 4.02. The lowest BCUT2D eigenvalue weighted by molar-refractivity contribution is -0.223. The van der Waals surface area contributed by atoms with Gasteiger partial charge in [0.15, 0.2) is 5.79 Å². The second kappa shape index (κ2) is 8.52. The van der Waals surface area contributed by atoms with Gasteiger partial charge in [0.25, 0.3) is 0 Å². The molecule has 1 aliphatic carbocycles. The second-order valence-corrected chi connectivity index (χ2v) is 8.07. The van der Waals surface area contributed by atoms with Crippen molar-refractivity contribution in [2.75, 3.05) is 0 Å². The fraction of sp³-hybridized carbons (Fsp3) is 0.478. The molecule has 1 saturated carbocycles. The minimum Gasteiger partial charge on any atom is -0.387 e. The predicted molar refractivity (Wildman–Crippen MR) is 106 cm³/mol. The van der Waals surface area contributed by atoms with Gasteiger partial charge in [0.05, 0.1) is 13.2 Å². The molecule has 1 saturated heterocycles. The zero-order valence-electron chi connectivity index (χ0n) is 16.7. The van der Waals surface area contributed by atoms with Crippen molar-refractivity contribution in [3.05, 3.63) is 71.8 Å². The summed E-state index contributed by atoms with van der Waals surface area (Å²) < 4.78 is 24.1. The van der Waals surface area contributed by atoms with E-state index in [-0.39, 0.29) is 0 Å². The molecule has 156 valence electrons. The van der Waals surface area contributed by atoms with Gasteiger partial charge in [-0.2, -0.15) is 0 Å². The van der Waals surface area contributed by atoms with Gasteiger partial charge < -0.3 is 29.2 Å². The first-order valence-electron chi connectivity index (χ1n) is 9.97. The van der Waals surface area contributed by atoms with Crippen LogP contribution in [0.2, 0.25) is 0 Å². The third kappa shape index (κ3) is 4.53. The van der Waals surface area contributed by atoms with E-state index < -0.39 is 42.4 Å². The van der Waals surface area contributed by atoms with E-state index in [1.54, 1.807) is 0 Å². The minimum absolute atomic E-state index is 0.303. The molecule has 2 unspecified atom stereocenters. The predicted octanol–water partition coefficient (Wildman–Crippen LogP) is 2.41. The molecular weight excluding hydrogens is 372 g/mol. The SMILES string of the molecule is CC1(C)OC2[C@H](O1)C(OCc1ccccc1)[C@H](O)[C@H](O)[C@H]2OCc1ccccc1. The molecule has 6 nitrogen and oxygen atoms in total. The largest absolute Gasteiger partial charge is 0.387 e. The molecule has 2 fully saturated rings. The molecule has 0 radical (unpaired) electrons. The third-order valence-corrected chi connectivity index (χ3v) is 5.40. The summed E-state index contributed by atoms with van der Waals surface area (Å²) in [6.45, 7) is 4.23. The highest BCUT2D eigenvalue weighted by Gasteiger charge is 2.58. The average molecular weight is 400 g/mol. The smallest absolute Gasteiger partial charge is 0.164 e. The van der Waals surface area contributed by atoms with Crippen LogP contribution in [0, 0.1) is 0 Å². The number of rotatable bonds is 6. The van der Waals surface area contributed by atoms with Gasteiger partial charge in [0.2, 0.25) is 0 Å². The summed E-state index contributed by atoms with van der Waals surface area (Å²) in [5.41, 5.74) is 1.96. The molecule has 2 aromatic rings. The summed E-state index contributed by atoms with van der Waals surface area (Å²) in [6.07, 6.45) is -4.86. The number of hydrogen-bond donors (Lipinski definition) is 2. The number of aliphatic hydroxyl groups is 2. The first-order valence-corrected chi connectivity index (χ1v) is 9.97. The van der Waals surface area contributed by atoms with Gasteiger partial charge in [-0.25, -0.2) is 0 Å². The summed E-state index contributed by atoms with van der Waals surface area (Å²) in [5, 5.41) is 21.6. The summed E-state index contributed by atoms with van der Waals surface area (Å²) in [4.78, 5) is 0. The van der Waals surface area contributed by atoms with Crippen molar-refractivity contribution in [1.82, 2.24) is 0 Å². The van der Waals surface area contributed by atoms with Crippen LogP contribution in [0.5, 0.6) is 0 Å². The summed E-state index contributed by atoms with van der Waals surface area (Å²) >= 11 is 0. The van der Waals surface area contributed by atoms with Gasteiger partial charge in [-0.15, -0.1) is 0 Å². The topological polar surface area (TPSA) is 77.4 Å². The standard InChI is InChI=1S/C23H28O6/c1-23(2)28-21-19(26-13-15-9-5-3-6-10-15)17(24)18(25)20(22(21)29-23)27-14-16-11-7-4-8-12-16/h3-12,17-22,24-25H,13-14H2,1-2H3/t17-,18+,19+,20?,21?,22+/m0/s1. The van der Waals surface area contributed by atoms with Crippen LogP contribution in [-0.4, -0.2) is 52.6 Å². The van der Waals surface area contributed by atoms with E-state index >= 15 is 0 Å². The molecule has 1 heterocycles. The van der Waals surface area contributed by atoms with Crippen molar-refractivity contribution >= 4 is 0 Å². The van der Waals surface area contributed by atoms with E-state index in [0.717, 1.165) is 11.1 Å². The van der Waals surface area contributed by atoms with E-state index in [1.165, 1.54) is 0 Å². The van der Waals surface area contributed by atoms with Crippen LogP contribution >= 0.6 is 0 Å². The Morgan fingerprint density at radius 3 is 1.48 bits per heavy atom. The van der Waals surface area contributed by atoms with E-state index in [0.29, 0.717) is 13.2 Å². The van der Waals surface area contributed by atoms with Crippen LogP contribution in [0.25, 0.3) is 0 Å². The normalized spacial score (nSPS) is 33.4. The van der Waals surface area contributed by atoms with Gasteiger partial charge in [-0.1, -0.05) is 60.7 Å². The average Bonchev–Trinajstić information content (AvgIpc) is 3.04. The van der Waals surface area contributed by atoms with E-state index in [4.69, 9.17) is 18.9 Å². The Morgan fingerprint density at radius 2 is 1.10 bits per heavy atom. The van der Waals surface area contributed by atoms with Gasteiger partial charge >= 0.3 is 0 Å². The maximum absolute atomic E-state index is 10.8. The van der Waals surface area contributed by atoms with Crippen molar-refractivity contribution in [3.8, 4) is 0 Å². The highest BCUT2D eigenvalue weighted by Crippen LogP contribution is 2.40. The maximum Gasteiger partial charge on any atom is 0.164 e. The molecule has 0 aromatic heterocycles. The van der Waals surface area contributed by atoms with Crippen molar-refractivity contribution in [2.24, 2.45) is 0 Å². The molecule has 29 heavy (non-hydrogen) atoms. The zero-order chi connectivity index (χ0) is 20.4. The Hall–Kier alpha value is -1.80. The highest BCUT2D eigenvalue weighted by molar-refractivity contribution is 5.15. The van der Waals surface area contributed by atoms with Crippen LogP contribution in [0.15, 0.2) is 60.7 Å². The Balaban J connectivity index is 1.50. The summed E-state index contributed by atoms with van der Waals surface area (Å²) in [7, 11) is 0.